The highest BCUT2D eigenvalue weighted by atomic mass is 32.2. The summed E-state index contributed by atoms with van der Waals surface area (Å²) in [5.41, 5.74) is 1.80. The Morgan fingerprint density at radius 2 is 1.74 bits per heavy atom. The molecule has 0 saturated carbocycles. The molecule has 0 spiro atoms. The number of aryl methyl sites for hydroxylation is 2. The van der Waals surface area contributed by atoms with Crippen molar-refractivity contribution < 1.29 is 8.42 Å². The first-order chi connectivity index (χ1) is 8.91. The molecule has 0 bridgehead atoms. The van der Waals surface area contributed by atoms with E-state index in [1.54, 1.807) is 13.8 Å². The number of nitrogens with zero attached hydrogens (tertiary/aromatic N) is 3. The number of aromatic nitrogens is 3. The van der Waals surface area contributed by atoms with E-state index in [-0.39, 0.29) is 17.5 Å². The molecule has 6 nitrogen and oxygen atoms in total. The summed E-state index contributed by atoms with van der Waals surface area (Å²) in [7, 11) is -3.01. The van der Waals surface area contributed by atoms with Crippen molar-refractivity contribution in [1.82, 2.24) is 15.2 Å². The topological polar surface area (TPSA) is 84.8 Å². The minimum atomic E-state index is -3.01. The summed E-state index contributed by atoms with van der Waals surface area (Å²) in [6, 6.07) is -0.232. The maximum atomic E-state index is 11.5. The maximum Gasteiger partial charge on any atom is 0.243 e. The molecule has 0 saturated heterocycles. The highest BCUT2D eigenvalue weighted by Gasteiger charge is 2.15. The Hall–Kier alpha value is -1.24. The van der Waals surface area contributed by atoms with Gasteiger partial charge in [0.1, 0.15) is 0 Å². The first-order valence-electron chi connectivity index (χ1n) is 6.61. The molecule has 1 heterocycles. The van der Waals surface area contributed by atoms with Crippen molar-refractivity contribution in [1.29, 1.82) is 0 Å². The van der Waals surface area contributed by atoms with Gasteiger partial charge < -0.3 is 5.32 Å². The molecular formula is C12H22N4O2S. The zero-order valence-electron chi connectivity index (χ0n) is 12.0. The molecular weight excluding hydrogens is 264 g/mol. The van der Waals surface area contributed by atoms with Gasteiger partial charge in [0.2, 0.25) is 5.95 Å². The molecule has 0 aliphatic rings. The van der Waals surface area contributed by atoms with Crippen LogP contribution in [0, 0.1) is 0 Å². The van der Waals surface area contributed by atoms with Gasteiger partial charge in [0.15, 0.2) is 9.84 Å². The number of rotatable bonds is 7. The van der Waals surface area contributed by atoms with Gasteiger partial charge in [-0.3, -0.25) is 0 Å². The van der Waals surface area contributed by atoms with E-state index in [1.165, 1.54) is 0 Å². The van der Waals surface area contributed by atoms with Crippen LogP contribution in [-0.2, 0) is 22.7 Å². The van der Waals surface area contributed by atoms with E-state index < -0.39 is 9.84 Å². The lowest BCUT2D eigenvalue weighted by Gasteiger charge is -2.14. The highest BCUT2D eigenvalue weighted by Crippen LogP contribution is 2.08. The molecule has 1 aromatic heterocycles. The normalized spacial score (nSPS) is 13.3. The summed E-state index contributed by atoms with van der Waals surface area (Å²) >= 11 is 0. The minimum Gasteiger partial charge on any atom is -0.349 e. The van der Waals surface area contributed by atoms with Gasteiger partial charge in [-0.25, -0.2) is 13.4 Å². The Morgan fingerprint density at radius 3 is 2.26 bits per heavy atom. The fourth-order valence-corrected chi connectivity index (χ4v) is 2.84. The molecule has 0 aliphatic carbocycles. The average molecular weight is 286 g/mol. The van der Waals surface area contributed by atoms with E-state index in [1.807, 2.05) is 13.8 Å². The zero-order chi connectivity index (χ0) is 14.5. The van der Waals surface area contributed by atoms with Gasteiger partial charge >= 0.3 is 0 Å². The third-order valence-corrected chi connectivity index (χ3v) is 4.72. The van der Waals surface area contributed by atoms with Gasteiger partial charge in [0.25, 0.3) is 0 Å². The van der Waals surface area contributed by atoms with Crippen LogP contribution in [0.1, 0.15) is 39.1 Å². The smallest absolute Gasteiger partial charge is 0.243 e. The first kappa shape index (κ1) is 15.8. The summed E-state index contributed by atoms with van der Waals surface area (Å²) in [5, 5.41) is 11.1. The van der Waals surface area contributed by atoms with Gasteiger partial charge in [-0.1, -0.05) is 20.8 Å². The molecule has 1 unspecified atom stereocenters. The molecule has 108 valence electrons. The number of sulfone groups is 1. The van der Waals surface area contributed by atoms with E-state index in [0.717, 1.165) is 24.2 Å². The quantitative estimate of drug-likeness (QED) is 0.811. The number of nitrogens with one attached hydrogen (secondary N) is 1. The van der Waals surface area contributed by atoms with Crippen LogP contribution in [0.25, 0.3) is 0 Å². The summed E-state index contributed by atoms with van der Waals surface area (Å²) in [6.07, 6.45) is 1.58. The molecule has 1 aromatic rings. The van der Waals surface area contributed by atoms with Crippen LogP contribution < -0.4 is 5.32 Å². The van der Waals surface area contributed by atoms with Crippen molar-refractivity contribution in [3.05, 3.63) is 11.4 Å². The lowest BCUT2D eigenvalue weighted by Crippen LogP contribution is -2.28. The second kappa shape index (κ2) is 6.79. The van der Waals surface area contributed by atoms with Crippen molar-refractivity contribution in [3.63, 3.8) is 0 Å². The Bertz CT molecular complexity index is 516. The molecule has 0 aliphatic heterocycles. The van der Waals surface area contributed by atoms with Crippen LogP contribution in [0.15, 0.2) is 0 Å². The lowest BCUT2D eigenvalue weighted by atomic mass is 10.2. The van der Waals surface area contributed by atoms with Gasteiger partial charge in [-0.2, -0.15) is 5.10 Å². The zero-order valence-corrected chi connectivity index (χ0v) is 12.8. The van der Waals surface area contributed by atoms with Crippen LogP contribution in [0.3, 0.4) is 0 Å². The third kappa shape index (κ3) is 4.74. The molecule has 0 amide bonds. The van der Waals surface area contributed by atoms with E-state index in [9.17, 15) is 8.42 Å². The van der Waals surface area contributed by atoms with Crippen LogP contribution in [0.2, 0.25) is 0 Å². The van der Waals surface area contributed by atoms with E-state index >= 15 is 0 Å². The standard InChI is InChI=1S/C12H22N4O2S/c1-5-10-11(6-2)15-16-12(14-10)13-9(4)8-19(17,18)7-3/h9H,5-8H2,1-4H3,(H,13,14,16). The molecule has 0 fully saturated rings. The van der Waals surface area contributed by atoms with Gasteiger partial charge in [-0.15, -0.1) is 5.10 Å². The lowest BCUT2D eigenvalue weighted by molar-refractivity contribution is 0.593. The highest BCUT2D eigenvalue weighted by molar-refractivity contribution is 7.91. The Kier molecular flexibility index (Phi) is 5.65. The third-order valence-electron chi connectivity index (χ3n) is 2.83. The monoisotopic (exact) mass is 286 g/mol. The number of hydrogen-bond donors (Lipinski definition) is 1. The Morgan fingerprint density at radius 1 is 1.11 bits per heavy atom. The fraction of sp³-hybridized carbons (Fsp3) is 0.750. The predicted octanol–water partition coefficient (Wildman–Crippen LogP) is 1.23. The van der Waals surface area contributed by atoms with E-state index in [4.69, 9.17) is 0 Å². The fourth-order valence-electron chi connectivity index (χ4n) is 1.76. The predicted molar refractivity (Wildman–Crippen MR) is 76.0 cm³/mol. The molecule has 19 heavy (non-hydrogen) atoms. The van der Waals surface area contributed by atoms with E-state index in [2.05, 4.69) is 20.5 Å². The van der Waals surface area contributed by atoms with Crippen LogP contribution in [0.5, 0.6) is 0 Å². The van der Waals surface area contributed by atoms with Gasteiger partial charge in [0.05, 0.1) is 17.1 Å². The SMILES string of the molecule is CCc1nnc(NC(C)CS(=O)(=O)CC)nc1CC. The maximum absolute atomic E-state index is 11.5. The number of hydrogen-bond acceptors (Lipinski definition) is 6. The molecule has 1 atom stereocenters. The van der Waals surface area contributed by atoms with Crippen LogP contribution >= 0.6 is 0 Å². The second-order valence-electron chi connectivity index (χ2n) is 4.48. The molecule has 1 rings (SSSR count). The summed E-state index contributed by atoms with van der Waals surface area (Å²) in [4.78, 5) is 4.38. The second-order valence-corrected chi connectivity index (χ2v) is 6.88. The van der Waals surface area contributed by atoms with Crippen LogP contribution in [0.4, 0.5) is 5.95 Å². The van der Waals surface area contributed by atoms with Crippen molar-refractivity contribution in [2.24, 2.45) is 0 Å². The molecule has 1 N–H and O–H groups in total. The minimum absolute atomic E-state index is 0.0733. The van der Waals surface area contributed by atoms with Crippen molar-refractivity contribution >= 4 is 15.8 Å². The van der Waals surface area contributed by atoms with Crippen molar-refractivity contribution in [2.75, 3.05) is 16.8 Å². The van der Waals surface area contributed by atoms with Crippen molar-refractivity contribution in [3.8, 4) is 0 Å². The first-order valence-corrected chi connectivity index (χ1v) is 8.43. The Balaban J connectivity index is 2.77. The molecule has 7 heteroatoms. The molecule has 0 aromatic carbocycles. The van der Waals surface area contributed by atoms with E-state index in [0.29, 0.717) is 5.95 Å². The number of anilines is 1. The summed E-state index contributed by atoms with van der Waals surface area (Å²) < 4.78 is 23.1. The Labute approximate surface area is 115 Å². The summed E-state index contributed by atoms with van der Waals surface area (Å²) in [6.45, 7) is 7.47. The largest absolute Gasteiger partial charge is 0.349 e. The van der Waals surface area contributed by atoms with Crippen molar-refractivity contribution in [2.45, 2.75) is 46.6 Å². The molecule has 0 radical (unpaired) electrons. The van der Waals surface area contributed by atoms with Gasteiger partial charge in [0, 0.05) is 11.8 Å². The summed E-state index contributed by atoms with van der Waals surface area (Å²) in [5.74, 6) is 0.615. The van der Waals surface area contributed by atoms with Gasteiger partial charge in [-0.05, 0) is 19.8 Å². The van der Waals surface area contributed by atoms with Crippen LogP contribution in [-0.4, -0.2) is 41.1 Å². The average Bonchev–Trinajstić information content (AvgIpc) is 2.37.